The second kappa shape index (κ2) is 5.80. The van der Waals surface area contributed by atoms with E-state index in [1.54, 1.807) is 24.3 Å². The van der Waals surface area contributed by atoms with E-state index in [0.29, 0.717) is 30.2 Å². The number of amides is 1. The molecule has 2 aliphatic rings. The van der Waals surface area contributed by atoms with Crippen molar-refractivity contribution in [3.8, 4) is 0 Å². The topological polar surface area (TPSA) is 64.6 Å². The minimum atomic E-state index is -0.788. The minimum absolute atomic E-state index is 0.0896. The van der Waals surface area contributed by atoms with Crippen molar-refractivity contribution < 1.29 is 19.1 Å². The van der Waals surface area contributed by atoms with Crippen molar-refractivity contribution in [2.45, 2.75) is 44.3 Å². The number of rotatable bonds is 2. The lowest BCUT2D eigenvalue weighted by Gasteiger charge is -2.43. The molecular weight excluding hydrogens is 318 g/mol. The quantitative estimate of drug-likeness (QED) is 0.842. The van der Waals surface area contributed by atoms with Gasteiger partial charge in [0.05, 0.1) is 35.3 Å². The molecule has 2 atom stereocenters. The summed E-state index contributed by atoms with van der Waals surface area (Å²) in [5.74, 6) is -1.10. The van der Waals surface area contributed by atoms with Gasteiger partial charge in [-0.2, -0.15) is 0 Å². The maximum Gasteiger partial charge on any atom is 0.307 e. The predicted octanol–water partition coefficient (Wildman–Crippen LogP) is 3.17. The Morgan fingerprint density at radius 3 is 2.78 bits per heavy atom. The normalized spacial score (nSPS) is 29.3. The highest BCUT2D eigenvalue weighted by Crippen LogP contribution is 2.46. The Kier molecular flexibility index (Phi) is 4.10. The molecule has 0 radical (unpaired) electrons. The molecule has 124 valence electrons. The number of carbonyl (C=O) groups excluding carboxylic acids is 2. The van der Waals surface area contributed by atoms with Crippen LogP contribution in [-0.4, -0.2) is 29.7 Å². The predicted molar refractivity (Wildman–Crippen MR) is 86.3 cm³/mol. The van der Waals surface area contributed by atoms with Gasteiger partial charge >= 0.3 is 5.97 Å². The van der Waals surface area contributed by atoms with Crippen LogP contribution < -0.4 is 5.32 Å². The maximum absolute atomic E-state index is 12.8. The van der Waals surface area contributed by atoms with Gasteiger partial charge in [-0.25, -0.2) is 0 Å². The monoisotopic (exact) mass is 337 g/mol. The van der Waals surface area contributed by atoms with E-state index in [1.807, 2.05) is 13.8 Å². The van der Waals surface area contributed by atoms with Crippen LogP contribution in [0.5, 0.6) is 0 Å². The molecule has 0 aromatic heterocycles. The molecule has 2 heterocycles. The summed E-state index contributed by atoms with van der Waals surface area (Å²) < 4.78 is 11.3. The highest BCUT2D eigenvalue weighted by molar-refractivity contribution is 6.33. The summed E-state index contributed by atoms with van der Waals surface area (Å²) in [5, 5.41) is 3.29. The van der Waals surface area contributed by atoms with Gasteiger partial charge in [0.2, 0.25) is 5.91 Å². The molecule has 2 aliphatic heterocycles. The van der Waals surface area contributed by atoms with Gasteiger partial charge in [-0.15, -0.1) is 0 Å². The van der Waals surface area contributed by atoms with Crippen molar-refractivity contribution >= 4 is 29.2 Å². The lowest BCUT2D eigenvalue weighted by atomic mass is 9.75. The van der Waals surface area contributed by atoms with Gasteiger partial charge in [-0.05, 0) is 26.0 Å². The average molecular weight is 338 g/mol. The van der Waals surface area contributed by atoms with Crippen LogP contribution in [0, 0.1) is 5.92 Å². The lowest BCUT2D eigenvalue weighted by Crippen LogP contribution is -2.52. The van der Waals surface area contributed by atoms with Crippen LogP contribution in [0.3, 0.4) is 0 Å². The fraction of sp³-hybridized carbons (Fsp3) is 0.529. The van der Waals surface area contributed by atoms with E-state index in [2.05, 4.69) is 5.32 Å². The van der Waals surface area contributed by atoms with Crippen LogP contribution in [0.1, 0.15) is 33.1 Å². The first kappa shape index (κ1) is 16.3. The average Bonchev–Trinajstić information content (AvgIpc) is 2.76. The van der Waals surface area contributed by atoms with Gasteiger partial charge in [0.25, 0.3) is 0 Å². The number of anilines is 1. The Hall–Kier alpha value is -1.59. The Labute approximate surface area is 140 Å². The number of hydrogen-bond acceptors (Lipinski definition) is 4. The van der Waals surface area contributed by atoms with Crippen molar-refractivity contribution in [3.05, 3.63) is 29.3 Å². The van der Waals surface area contributed by atoms with Crippen LogP contribution in [0.2, 0.25) is 5.02 Å². The maximum atomic E-state index is 12.8. The number of esters is 1. The molecule has 1 aromatic rings. The molecule has 2 fully saturated rings. The van der Waals surface area contributed by atoms with Crippen molar-refractivity contribution in [1.29, 1.82) is 0 Å². The largest absolute Gasteiger partial charge is 0.458 e. The Morgan fingerprint density at radius 1 is 1.35 bits per heavy atom. The molecule has 1 amide bonds. The van der Waals surface area contributed by atoms with E-state index in [0.717, 1.165) is 0 Å². The molecule has 23 heavy (non-hydrogen) atoms. The van der Waals surface area contributed by atoms with Crippen molar-refractivity contribution in [2.24, 2.45) is 5.92 Å². The highest BCUT2D eigenvalue weighted by Gasteiger charge is 2.56. The fourth-order valence-corrected chi connectivity index (χ4v) is 3.73. The molecule has 1 spiro atoms. The van der Waals surface area contributed by atoms with Crippen molar-refractivity contribution in [1.82, 2.24) is 0 Å². The summed E-state index contributed by atoms with van der Waals surface area (Å²) in [7, 11) is 0. The van der Waals surface area contributed by atoms with Gasteiger partial charge in [0, 0.05) is 12.8 Å². The zero-order valence-electron chi connectivity index (χ0n) is 13.2. The number of carbonyl (C=O) groups is 2. The van der Waals surface area contributed by atoms with Crippen LogP contribution in [0.25, 0.3) is 0 Å². The van der Waals surface area contributed by atoms with Crippen LogP contribution in [0.15, 0.2) is 24.3 Å². The number of halogens is 1. The highest BCUT2D eigenvalue weighted by atomic mass is 35.5. The van der Waals surface area contributed by atoms with E-state index in [-0.39, 0.29) is 18.3 Å². The summed E-state index contributed by atoms with van der Waals surface area (Å²) in [6.45, 7) is 4.36. The number of benzene rings is 1. The Balaban J connectivity index is 1.83. The lowest BCUT2D eigenvalue weighted by molar-refractivity contribution is -0.178. The van der Waals surface area contributed by atoms with Gasteiger partial charge in [0.1, 0.15) is 5.60 Å². The first-order valence-electron chi connectivity index (χ1n) is 7.73. The number of hydrogen-bond donors (Lipinski definition) is 1. The Morgan fingerprint density at radius 2 is 2.09 bits per heavy atom. The van der Waals surface area contributed by atoms with Gasteiger partial charge in [0.15, 0.2) is 0 Å². The zero-order valence-corrected chi connectivity index (χ0v) is 14.0. The SMILES string of the molecule is CC1(C)C[C@@]2(CCO1)OC(=O)C[C@@H]2C(=O)Nc1ccccc1Cl. The van der Waals surface area contributed by atoms with Gasteiger partial charge < -0.3 is 14.8 Å². The van der Waals surface area contributed by atoms with Crippen LogP contribution >= 0.6 is 11.6 Å². The second-order valence-electron chi connectivity index (χ2n) is 6.80. The van der Waals surface area contributed by atoms with E-state index >= 15 is 0 Å². The van der Waals surface area contributed by atoms with E-state index in [4.69, 9.17) is 21.1 Å². The first-order chi connectivity index (χ1) is 10.8. The Bertz CT molecular complexity index is 645. The van der Waals surface area contributed by atoms with E-state index in [9.17, 15) is 9.59 Å². The van der Waals surface area contributed by atoms with E-state index < -0.39 is 17.1 Å². The van der Waals surface area contributed by atoms with Crippen molar-refractivity contribution in [3.63, 3.8) is 0 Å². The third-order valence-electron chi connectivity index (χ3n) is 4.51. The second-order valence-corrected chi connectivity index (χ2v) is 7.21. The smallest absolute Gasteiger partial charge is 0.307 e. The van der Waals surface area contributed by atoms with Gasteiger partial charge in [-0.1, -0.05) is 23.7 Å². The summed E-state index contributed by atoms with van der Waals surface area (Å²) in [6, 6.07) is 7.03. The molecule has 0 saturated carbocycles. The van der Waals surface area contributed by atoms with Crippen molar-refractivity contribution in [2.75, 3.05) is 11.9 Å². The molecule has 0 unspecified atom stereocenters. The summed E-state index contributed by atoms with van der Waals surface area (Å²) >= 11 is 6.09. The van der Waals surface area contributed by atoms with Crippen LogP contribution in [0.4, 0.5) is 5.69 Å². The van der Waals surface area contributed by atoms with Crippen LogP contribution in [-0.2, 0) is 19.1 Å². The molecule has 6 heteroatoms. The summed E-state index contributed by atoms with van der Waals surface area (Å²) in [6.07, 6.45) is 1.13. The summed E-state index contributed by atoms with van der Waals surface area (Å²) in [4.78, 5) is 24.6. The molecule has 0 aliphatic carbocycles. The molecule has 0 bridgehead atoms. The third-order valence-corrected chi connectivity index (χ3v) is 4.84. The third kappa shape index (κ3) is 3.21. The minimum Gasteiger partial charge on any atom is -0.458 e. The number of para-hydroxylation sites is 1. The molecule has 1 aromatic carbocycles. The first-order valence-corrected chi connectivity index (χ1v) is 8.10. The van der Waals surface area contributed by atoms with Gasteiger partial charge in [-0.3, -0.25) is 9.59 Å². The molecule has 1 N–H and O–H groups in total. The molecule has 2 saturated heterocycles. The molecule has 5 nitrogen and oxygen atoms in total. The molecular formula is C17H20ClNO4. The summed E-state index contributed by atoms with van der Waals surface area (Å²) in [5.41, 5.74) is -0.671. The fourth-order valence-electron chi connectivity index (χ4n) is 3.55. The number of ether oxygens (including phenoxy) is 2. The standard InChI is InChI=1S/C17H20ClNO4/c1-16(2)10-17(7-8-22-16)11(9-14(20)23-17)15(21)19-13-6-4-3-5-12(13)18/h3-6,11H,7-10H2,1-2H3,(H,19,21)/t11-,17-/m1/s1. The zero-order chi connectivity index (χ0) is 16.7. The number of nitrogens with one attached hydrogen (secondary N) is 1. The molecule has 3 rings (SSSR count). The van der Waals surface area contributed by atoms with E-state index in [1.165, 1.54) is 0 Å².